The third-order valence-corrected chi connectivity index (χ3v) is 2.84. The van der Waals surface area contributed by atoms with Gasteiger partial charge in [-0.3, -0.25) is 9.59 Å². The molecule has 0 aromatic rings. The first-order valence-electron chi connectivity index (χ1n) is 5.49. The Morgan fingerprint density at radius 2 is 2.00 bits per heavy atom. The molecule has 0 saturated heterocycles. The molecule has 94 valence electrons. The standard InChI is InChI=1S/C12H15F2NO2/c1-2-3-11(17)15-8-10(16)9-4-6-12(13,14)7-5-9/h3,9H,1,4-8H2,(H,15,17). The first kappa shape index (κ1) is 13.6. The first-order valence-corrected chi connectivity index (χ1v) is 5.49. The summed E-state index contributed by atoms with van der Waals surface area (Å²) in [5, 5.41) is 2.37. The second-order valence-corrected chi connectivity index (χ2v) is 4.16. The van der Waals surface area contributed by atoms with Gasteiger partial charge in [-0.15, -0.1) is 5.73 Å². The summed E-state index contributed by atoms with van der Waals surface area (Å²) in [7, 11) is 0. The molecule has 1 fully saturated rings. The van der Waals surface area contributed by atoms with Crippen LogP contribution < -0.4 is 5.32 Å². The highest BCUT2D eigenvalue weighted by atomic mass is 19.3. The van der Waals surface area contributed by atoms with Crippen molar-refractivity contribution in [3.8, 4) is 0 Å². The predicted octanol–water partition coefficient (Wildman–Crippen LogP) is 1.84. The third kappa shape index (κ3) is 4.49. The van der Waals surface area contributed by atoms with Gasteiger partial charge in [0.15, 0.2) is 5.78 Å². The predicted molar refractivity (Wildman–Crippen MR) is 58.6 cm³/mol. The van der Waals surface area contributed by atoms with Gasteiger partial charge in [-0.2, -0.15) is 0 Å². The van der Waals surface area contributed by atoms with Gasteiger partial charge in [0.1, 0.15) is 0 Å². The lowest BCUT2D eigenvalue weighted by Crippen LogP contribution is -2.35. The van der Waals surface area contributed by atoms with E-state index in [1.165, 1.54) is 0 Å². The molecule has 0 atom stereocenters. The lowest BCUT2D eigenvalue weighted by molar-refractivity contribution is -0.128. The summed E-state index contributed by atoms with van der Waals surface area (Å²) in [5.41, 5.74) is 2.28. The highest BCUT2D eigenvalue weighted by Gasteiger charge is 2.37. The normalized spacial score (nSPS) is 19.2. The Bertz CT molecular complexity index is 350. The van der Waals surface area contributed by atoms with Gasteiger partial charge >= 0.3 is 0 Å². The zero-order chi connectivity index (χ0) is 12.9. The maximum absolute atomic E-state index is 12.9. The van der Waals surface area contributed by atoms with Crippen molar-refractivity contribution < 1.29 is 18.4 Å². The molecular formula is C12H15F2NO2. The van der Waals surface area contributed by atoms with Gasteiger partial charge in [-0.25, -0.2) is 8.78 Å². The fourth-order valence-corrected chi connectivity index (χ4v) is 1.82. The SMILES string of the molecule is C=C=CC(=O)NCC(=O)C1CCC(F)(F)CC1. The van der Waals surface area contributed by atoms with Crippen LogP contribution >= 0.6 is 0 Å². The maximum atomic E-state index is 12.9. The number of alkyl halides is 2. The van der Waals surface area contributed by atoms with Gasteiger partial charge in [-0.05, 0) is 12.8 Å². The van der Waals surface area contributed by atoms with E-state index in [0.717, 1.165) is 6.08 Å². The minimum Gasteiger partial charge on any atom is -0.345 e. The molecule has 0 bridgehead atoms. The summed E-state index contributed by atoms with van der Waals surface area (Å²) >= 11 is 0. The van der Waals surface area contributed by atoms with Crippen LogP contribution in [0.25, 0.3) is 0 Å². The van der Waals surface area contributed by atoms with Gasteiger partial charge in [0.05, 0.1) is 6.54 Å². The van der Waals surface area contributed by atoms with E-state index in [1.807, 2.05) is 0 Å². The topological polar surface area (TPSA) is 46.2 Å². The minimum atomic E-state index is -2.63. The van der Waals surface area contributed by atoms with Gasteiger partial charge in [0.2, 0.25) is 5.92 Å². The Kier molecular flexibility index (Phi) is 4.58. The van der Waals surface area contributed by atoms with Crippen molar-refractivity contribution in [1.82, 2.24) is 5.32 Å². The molecule has 0 aliphatic heterocycles. The summed E-state index contributed by atoms with van der Waals surface area (Å²) in [6.07, 6.45) is 0.980. The van der Waals surface area contributed by atoms with E-state index in [9.17, 15) is 18.4 Å². The molecule has 1 amide bonds. The van der Waals surface area contributed by atoms with Crippen LogP contribution in [0.2, 0.25) is 0 Å². The smallest absolute Gasteiger partial charge is 0.252 e. The van der Waals surface area contributed by atoms with Crippen LogP contribution in [0.1, 0.15) is 25.7 Å². The quantitative estimate of drug-likeness (QED) is 0.605. The first-order chi connectivity index (χ1) is 7.94. The lowest BCUT2D eigenvalue weighted by Gasteiger charge is -2.27. The highest BCUT2D eigenvalue weighted by molar-refractivity contribution is 5.92. The molecule has 1 rings (SSSR count). The Morgan fingerprint density at radius 1 is 1.41 bits per heavy atom. The number of carbonyl (C=O) groups excluding carboxylic acids is 2. The van der Waals surface area contributed by atoms with E-state index in [0.29, 0.717) is 0 Å². The molecule has 0 heterocycles. The number of carbonyl (C=O) groups is 2. The minimum absolute atomic E-state index is 0.118. The molecule has 1 aliphatic carbocycles. The van der Waals surface area contributed by atoms with Gasteiger partial charge in [-0.1, -0.05) is 6.58 Å². The number of rotatable bonds is 4. The van der Waals surface area contributed by atoms with Crippen LogP contribution in [0.5, 0.6) is 0 Å². The molecule has 0 aromatic heterocycles. The average molecular weight is 243 g/mol. The molecule has 1 N–H and O–H groups in total. The Morgan fingerprint density at radius 3 is 2.53 bits per heavy atom. The monoisotopic (exact) mass is 243 g/mol. The Labute approximate surface area is 98.6 Å². The summed E-state index contributed by atoms with van der Waals surface area (Å²) in [6.45, 7) is 3.11. The Balaban J connectivity index is 2.34. The van der Waals surface area contributed by atoms with Crippen molar-refractivity contribution in [2.24, 2.45) is 5.92 Å². The van der Waals surface area contributed by atoms with E-state index in [2.05, 4.69) is 17.6 Å². The number of hydrogen-bond acceptors (Lipinski definition) is 2. The Hall–Kier alpha value is -1.48. The van der Waals surface area contributed by atoms with Crippen molar-refractivity contribution in [2.45, 2.75) is 31.6 Å². The second kappa shape index (κ2) is 5.73. The van der Waals surface area contributed by atoms with Gasteiger partial charge in [0.25, 0.3) is 5.91 Å². The molecule has 0 radical (unpaired) electrons. The number of nitrogens with one attached hydrogen (secondary N) is 1. The van der Waals surface area contributed by atoms with Crippen molar-refractivity contribution in [3.63, 3.8) is 0 Å². The van der Waals surface area contributed by atoms with Crippen molar-refractivity contribution in [2.75, 3.05) is 6.54 Å². The van der Waals surface area contributed by atoms with E-state index in [1.54, 1.807) is 0 Å². The molecule has 1 saturated carbocycles. The largest absolute Gasteiger partial charge is 0.345 e. The molecule has 0 unspecified atom stereocenters. The van der Waals surface area contributed by atoms with E-state index in [4.69, 9.17) is 0 Å². The fourth-order valence-electron chi connectivity index (χ4n) is 1.82. The molecule has 0 aromatic carbocycles. The molecule has 5 heteroatoms. The lowest BCUT2D eigenvalue weighted by atomic mass is 9.84. The number of Topliss-reactive ketones (excluding diaryl/α,β-unsaturated/α-hetero) is 1. The van der Waals surface area contributed by atoms with Crippen LogP contribution in [-0.4, -0.2) is 24.2 Å². The average Bonchev–Trinajstić information content (AvgIpc) is 2.26. The van der Waals surface area contributed by atoms with Crippen LogP contribution in [0.3, 0.4) is 0 Å². The third-order valence-electron chi connectivity index (χ3n) is 2.84. The van der Waals surface area contributed by atoms with Crippen LogP contribution in [0, 0.1) is 5.92 Å². The molecule has 1 aliphatic rings. The molecule has 0 spiro atoms. The summed E-state index contributed by atoms with van der Waals surface area (Å²) in [6, 6.07) is 0. The number of hydrogen-bond donors (Lipinski definition) is 1. The van der Waals surface area contributed by atoms with Gasteiger partial charge in [0, 0.05) is 24.8 Å². The van der Waals surface area contributed by atoms with Crippen molar-refractivity contribution in [1.29, 1.82) is 0 Å². The van der Waals surface area contributed by atoms with Crippen molar-refractivity contribution >= 4 is 11.7 Å². The van der Waals surface area contributed by atoms with Crippen LogP contribution in [0.4, 0.5) is 8.78 Å². The number of ketones is 1. The number of halogens is 2. The van der Waals surface area contributed by atoms with E-state index in [-0.39, 0.29) is 43.9 Å². The highest BCUT2D eigenvalue weighted by Crippen LogP contribution is 2.36. The van der Waals surface area contributed by atoms with Crippen LogP contribution in [-0.2, 0) is 9.59 Å². The molecule has 3 nitrogen and oxygen atoms in total. The van der Waals surface area contributed by atoms with Gasteiger partial charge < -0.3 is 5.32 Å². The maximum Gasteiger partial charge on any atom is 0.252 e. The summed E-state index contributed by atoms with van der Waals surface area (Å²) in [5.74, 6) is -3.63. The zero-order valence-electron chi connectivity index (χ0n) is 9.47. The fraction of sp³-hybridized carbons (Fsp3) is 0.583. The molecule has 17 heavy (non-hydrogen) atoms. The zero-order valence-corrected chi connectivity index (χ0v) is 9.47. The van der Waals surface area contributed by atoms with Crippen LogP contribution in [0.15, 0.2) is 18.4 Å². The summed E-state index contributed by atoms with van der Waals surface area (Å²) < 4.78 is 25.7. The second-order valence-electron chi connectivity index (χ2n) is 4.16. The van der Waals surface area contributed by atoms with Crippen molar-refractivity contribution in [3.05, 3.63) is 18.4 Å². The molecular weight excluding hydrogens is 228 g/mol. The summed E-state index contributed by atoms with van der Waals surface area (Å²) in [4.78, 5) is 22.6. The van der Waals surface area contributed by atoms with E-state index >= 15 is 0 Å². The number of amides is 1. The van der Waals surface area contributed by atoms with E-state index < -0.39 is 11.8 Å².